The smallest absolute Gasteiger partial charge is 0.128 e. The summed E-state index contributed by atoms with van der Waals surface area (Å²) >= 11 is 0. The van der Waals surface area contributed by atoms with Gasteiger partial charge in [0.2, 0.25) is 0 Å². The fraction of sp³-hybridized carbons (Fsp3) is 0.280. The van der Waals surface area contributed by atoms with Gasteiger partial charge in [-0.05, 0) is 107 Å². The Labute approximate surface area is 330 Å². The van der Waals surface area contributed by atoms with E-state index in [1.807, 2.05) is 111 Å². The Hall–Kier alpha value is -5.88. The topological polar surface area (TPSA) is 99.4 Å². The summed E-state index contributed by atoms with van der Waals surface area (Å²) in [5, 5.41) is 48.1. The lowest BCUT2D eigenvalue weighted by atomic mass is 9.81. The number of rotatable bonds is 4. The van der Waals surface area contributed by atoms with Crippen LogP contribution < -0.4 is 9.47 Å². The molecule has 0 saturated carbocycles. The van der Waals surface area contributed by atoms with Crippen LogP contribution in [-0.2, 0) is 36.5 Å². The van der Waals surface area contributed by atoms with E-state index in [1.165, 1.54) is 0 Å². The van der Waals surface area contributed by atoms with Crippen molar-refractivity contribution in [3.05, 3.63) is 164 Å². The molecule has 6 aromatic rings. The lowest BCUT2D eigenvalue weighted by Gasteiger charge is -2.25. The van der Waals surface area contributed by atoms with E-state index in [-0.39, 0.29) is 59.5 Å². The fourth-order valence-electron chi connectivity index (χ4n) is 7.34. The van der Waals surface area contributed by atoms with Crippen molar-refractivity contribution in [3.8, 4) is 46.0 Å². The molecule has 56 heavy (non-hydrogen) atoms. The Morgan fingerprint density at radius 2 is 0.589 bits per heavy atom. The zero-order valence-corrected chi connectivity index (χ0v) is 33.7. The van der Waals surface area contributed by atoms with E-state index in [1.54, 1.807) is 0 Å². The summed E-state index contributed by atoms with van der Waals surface area (Å²) in [7, 11) is 0. The van der Waals surface area contributed by atoms with E-state index in [9.17, 15) is 20.4 Å². The lowest BCUT2D eigenvalue weighted by molar-refractivity contribution is 0.443. The van der Waals surface area contributed by atoms with Gasteiger partial charge in [0.05, 0.1) is 0 Å². The molecule has 7 rings (SSSR count). The molecule has 6 aromatic carbocycles. The molecule has 0 aliphatic heterocycles. The lowest BCUT2D eigenvalue weighted by Crippen LogP contribution is -2.13. The molecule has 4 N–H and O–H groups in total. The number of hydrogen-bond donors (Lipinski definition) is 4. The molecule has 0 radical (unpaired) electrons. The highest BCUT2D eigenvalue weighted by atomic mass is 16.5. The van der Waals surface area contributed by atoms with Gasteiger partial charge in [0.1, 0.15) is 46.0 Å². The Balaban J connectivity index is 1.47. The molecule has 6 nitrogen and oxygen atoms in total. The van der Waals surface area contributed by atoms with E-state index in [0.29, 0.717) is 67.5 Å². The zero-order chi connectivity index (χ0) is 40.1. The number of hydrogen-bond acceptors (Lipinski definition) is 6. The van der Waals surface area contributed by atoms with Crippen molar-refractivity contribution in [1.29, 1.82) is 0 Å². The highest BCUT2D eigenvalue weighted by Gasteiger charge is 2.26. The van der Waals surface area contributed by atoms with E-state index < -0.39 is 0 Å². The van der Waals surface area contributed by atoms with Crippen LogP contribution in [0.4, 0.5) is 0 Å². The number of fused-ring (bicyclic) bond motifs is 8. The maximum Gasteiger partial charge on any atom is 0.128 e. The van der Waals surface area contributed by atoms with Crippen LogP contribution in [0.15, 0.2) is 97.1 Å². The molecule has 288 valence electrons. The molecule has 0 aromatic heterocycles. The van der Waals surface area contributed by atoms with Crippen LogP contribution in [0.5, 0.6) is 46.0 Å². The van der Waals surface area contributed by atoms with Crippen molar-refractivity contribution in [2.45, 2.75) is 91.9 Å². The van der Waals surface area contributed by atoms with Gasteiger partial charge in [-0.1, -0.05) is 101 Å². The van der Waals surface area contributed by atoms with Crippen molar-refractivity contribution in [2.24, 2.45) is 0 Å². The number of phenolic OH excluding ortho intramolecular Hbond substituents is 4. The Kier molecular flexibility index (Phi) is 10.0. The maximum atomic E-state index is 12.0. The van der Waals surface area contributed by atoms with E-state index in [0.717, 1.165) is 22.3 Å². The highest BCUT2D eigenvalue weighted by molar-refractivity contribution is 5.59. The molecule has 0 amide bonds. The van der Waals surface area contributed by atoms with E-state index >= 15 is 0 Å². The predicted molar refractivity (Wildman–Crippen MR) is 224 cm³/mol. The molecule has 0 heterocycles. The minimum atomic E-state index is -0.268. The van der Waals surface area contributed by atoms with Crippen LogP contribution in [0.25, 0.3) is 0 Å². The van der Waals surface area contributed by atoms with Crippen LogP contribution in [-0.4, -0.2) is 20.4 Å². The van der Waals surface area contributed by atoms with Gasteiger partial charge in [0, 0.05) is 47.9 Å². The third-order valence-electron chi connectivity index (χ3n) is 10.8. The van der Waals surface area contributed by atoms with Gasteiger partial charge in [0.15, 0.2) is 0 Å². The average Bonchev–Trinajstić information content (AvgIpc) is 3.12. The van der Waals surface area contributed by atoms with Gasteiger partial charge in [-0.25, -0.2) is 0 Å². The van der Waals surface area contributed by atoms with Gasteiger partial charge in [0.25, 0.3) is 0 Å². The summed E-state index contributed by atoms with van der Waals surface area (Å²) in [5.74, 6) is 2.75. The first kappa shape index (κ1) is 38.4. The van der Waals surface area contributed by atoms with Crippen LogP contribution in [0.1, 0.15) is 108 Å². The third kappa shape index (κ3) is 8.20. The minimum Gasteiger partial charge on any atom is -0.507 e. The van der Waals surface area contributed by atoms with Crippen molar-refractivity contribution >= 4 is 0 Å². The second-order valence-corrected chi connectivity index (χ2v) is 17.5. The van der Waals surface area contributed by atoms with Crippen molar-refractivity contribution in [2.75, 3.05) is 0 Å². The first-order chi connectivity index (χ1) is 26.4. The van der Waals surface area contributed by atoms with Crippen molar-refractivity contribution in [1.82, 2.24) is 0 Å². The molecule has 0 saturated heterocycles. The van der Waals surface area contributed by atoms with Gasteiger partial charge < -0.3 is 29.9 Å². The number of ether oxygens (including phenoxy) is 2. The summed E-state index contributed by atoms with van der Waals surface area (Å²) < 4.78 is 12.8. The average molecular weight is 749 g/mol. The highest BCUT2D eigenvalue weighted by Crippen LogP contribution is 2.43. The largest absolute Gasteiger partial charge is 0.507 e. The molecule has 0 fully saturated rings. The molecule has 0 atom stereocenters. The number of benzene rings is 6. The molecule has 1 aliphatic rings. The molecular weight excluding hydrogens is 697 g/mol. The molecular formula is C50H52O6. The quantitative estimate of drug-likeness (QED) is 0.143. The molecule has 0 unspecified atom stereocenters. The SMILES string of the molecule is Cc1ccc(Oc2cc3c(O)c(c2)Cc2cc(C(C)(C)C)cc(c2O)Cc2cc(Oc4ccc(C)cc4)cc(c2O)Cc2cc(C(C)(C)C)cc(c2O)C3)cc1. The van der Waals surface area contributed by atoms with Gasteiger partial charge in [-0.3, -0.25) is 0 Å². The minimum absolute atomic E-state index is 0.0818. The van der Waals surface area contributed by atoms with Crippen LogP contribution in [0.2, 0.25) is 0 Å². The second-order valence-electron chi connectivity index (χ2n) is 17.5. The van der Waals surface area contributed by atoms with Gasteiger partial charge >= 0.3 is 0 Å². The molecule has 8 bridgehead atoms. The van der Waals surface area contributed by atoms with Crippen LogP contribution >= 0.6 is 0 Å². The van der Waals surface area contributed by atoms with Gasteiger partial charge in [-0.15, -0.1) is 0 Å². The van der Waals surface area contributed by atoms with E-state index in [2.05, 4.69) is 41.5 Å². The van der Waals surface area contributed by atoms with Crippen molar-refractivity contribution < 1.29 is 29.9 Å². The second kappa shape index (κ2) is 14.6. The molecule has 0 spiro atoms. The van der Waals surface area contributed by atoms with Crippen molar-refractivity contribution in [3.63, 3.8) is 0 Å². The van der Waals surface area contributed by atoms with E-state index in [4.69, 9.17) is 9.47 Å². The van der Waals surface area contributed by atoms with Crippen LogP contribution in [0.3, 0.4) is 0 Å². The summed E-state index contributed by atoms with van der Waals surface area (Å²) in [6, 6.07) is 30.9. The summed E-state index contributed by atoms with van der Waals surface area (Å²) in [6.07, 6.45) is 0.832. The predicted octanol–water partition coefficient (Wildman–Crippen LogP) is 12.0. The maximum absolute atomic E-state index is 12.0. The molecule has 6 heteroatoms. The molecule has 1 aliphatic carbocycles. The Bertz CT molecular complexity index is 2160. The monoisotopic (exact) mass is 748 g/mol. The fourth-order valence-corrected chi connectivity index (χ4v) is 7.34. The standard InChI is InChI=1S/C50H52O6/c1-29-9-13-41(14-10-29)55-43-25-35-17-31-21-39(49(3,4)5)23-33(45(31)51)19-37-27-44(56-42-15-11-30(2)12-16-42)28-38(48(37)54)20-34-24-40(50(6,7)8)22-32(46(34)52)18-36(26-43)47(35)53/h9-16,21-28,51-54H,17-20H2,1-8H3. The third-order valence-corrected chi connectivity index (χ3v) is 10.8. The first-order valence-electron chi connectivity index (χ1n) is 19.3. The van der Waals surface area contributed by atoms with Crippen LogP contribution in [0, 0.1) is 13.8 Å². The number of aryl methyl sites for hydroxylation is 2. The number of phenols is 4. The normalized spacial score (nSPS) is 13.0. The number of aromatic hydroxyl groups is 4. The zero-order valence-electron chi connectivity index (χ0n) is 33.7. The summed E-state index contributed by atoms with van der Waals surface area (Å²) in [4.78, 5) is 0. The van der Waals surface area contributed by atoms with Gasteiger partial charge in [-0.2, -0.15) is 0 Å². The summed E-state index contributed by atoms with van der Waals surface area (Å²) in [5.41, 5.74) is 8.58. The first-order valence-corrected chi connectivity index (χ1v) is 19.3. The summed E-state index contributed by atoms with van der Waals surface area (Å²) in [6.45, 7) is 16.8. The Morgan fingerprint density at radius 3 is 0.821 bits per heavy atom. The Morgan fingerprint density at radius 1 is 0.357 bits per heavy atom.